The normalized spacial score (nSPS) is 38.1. The third-order valence-electron chi connectivity index (χ3n) is 4.28. The number of fused-ring (bicyclic) bond motifs is 2. The molecule has 0 heterocycles. The summed E-state index contributed by atoms with van der Waals surface area (Å²) in [6.07, 6.45) is 6.09. The summed E-state index contributed by atoms with van der Waals surface area (Å²) in [6.45, 7) is 8.17. The lowest BCUT2D eigenvalue weighted by Gasteiger charge is -2.29. The summed E-state index contributed by atoms with van der Waals surface area (Å²) in [5.41, 5.74) is 0. The maximum Gasteiger partial charge on any atom is 0.00698 e. The van der Waals surface area contributed by atoms with Crippen LogP contribution in [0.15, 0.2) is 0 Å². The molecule has 2 saturated carbocycles. The molecule has 0 aromatic rings. The molecule has 0 aliphatic heterocycles. The SMILES string of the molecule is CC(C)CN[C@H](C)[C@@H]1C[C@H]2CC[C@H]1C2. The molecule has 0 aromatic heterocycles. The smallest absolute Gasteiger partial charge is 0.00698 e. The van der Waals surface area contributed by atoms with Crippen LogP contribution in [-0.2, 0) is 0 Å². The molecule has 2 aliphatic rings. The van der Waals surface area contributed by atoms with Crippen LogP contribution in [0.25, 0.3) is 0 Å². The van der Waals surface area contributed by atoms with Crippen LogP contribution in [0.3, 0.4) is 0 Å². The van der Waals surface area contributed by atoms with Gasteiger partial charge in [0.1, 0.15) is 0 Å². The second-order valence-corrected chi connectivity index (χ2v) is 5.93. The predicted molar refractivity (Wildman–Crippen MR) is 61.2 cm³/mol. The van der Waals surface area contributed by atoms with Crippen molar-refractivity contribution in [2.45, 2.75) is 52.5 Å². The van der Waals surface area contributed by atoms with Crippen molar-refractivity contribution in [3.63, 3.8) is 0 Å². The Balaban J connectivity index is 1.78. The van der Waals surface area contributed by atoms with Gasteiger partial charge in [-0.05, 0) is 56.4 Å². The van der Waals surface area contributed by atoms with Crippen LogP contribution in [0.5, 0.6) is 0 Å². The van der Waals surface area contributed by atoms with Crippen molar-refractivity contribution >= 4 is 0 Å². The van der Waals surface area contributed by atoms with Gasteiger partial charge in [0.05, 0.1) is 0 Å². The van der Waals surface area contributed by atoms with Crippen molar-refractivity contribution in [2.75, 3.05) is 6.54 Å². The molecule has 82 valence electrons. The van der Waals surface area contributed by atoms with Gasteiger partial charge in [0.2, 0.25) is 0 Å². The molecule has 1 N–H and O–H groups in total. The summed E-state index contributed by atoms with van der Waals surface area (Å²) in [5, 5.41) is 3.71. The topological polar surface area (TPSA) is 12.0 Å². The zero-order valence-corrected chi connectivity index (χ0v) is 9.92. The van der Waals surface area contributed by atoms with Crippen molar-refractivity contribution in [3.05, 3.63) is 0 Å². The van der Waals surface area contributed by atoms with Crippen LogP contribution < -0.4 is 5.32 Å². The largest absolute Gasteiger partial charge is 0.314 e. The molecule has 2 rings (SSSR count). The van der Waals surface area contributed by atoms with Gasteiger partial charge in [0.15, 0.2) is 0 Å². The van der Waals surface area contributed by atoms with E-state index in [1.807, 2.05) is 0 Å². The average molecular weight is 195 g/mol. The van der Waals surface area contributed by atoms with Gasteiger partial charge in [0.25, 0.3) is 0 Å². The van der Waals surface area contributed by atoms with Gasteiger partial charge in [0, 0.05) is 6.04 Å². The maximum absolute atomic E-state index is 3.71. The summed E-state index contributed by atoms with van der Waals surface area (Å²) in [7, 11) is 0. The van der Waals surface area contributed by atoms with Crippen LogP contribution in [0.2, 0.25) is 0 Å². The molecule has 0 unspecified atom stereocenters. The fourth-order valence-corrected chi connectivity index (χ4v) is 3.48. The third kappa shape index (κ3) is 2.13. The Bertz CT molecular complexity index is 188. The molecule has 0 aromatic carbocycles. The Labute approximate surface area is 88.7 Å². The van der Waals surface area contributed by atoms with Gasteiger partial charge < -0.3 is 5.32 Å². The van der Waals surface area contributed by atoms with E-state index in [1.165, 1.54) is 25.8 Å². The molecule has 0 radical (unpaired) electrons. The Kier molecular flexibility index (Phi) is 3.16. The molecule has 14 heavy (non-hydrogen) atoms. The van der Waals surface area contributed by atoms with Crippen molar-refractivity contribution in [3.8, 4) is 0 Å². The molecule has 2 bridgehead atoms. The minimum absolute atomic E-state index is 0.757. The maximum atomic E-state index is 3.71. The zero-order chi connectivity index (χ0) is 10.1. The van der Waals surface area contributed by atoms with E-state index >= 15 is 0 Å². The third-order valence-corrected chi connectivity index (χ3v) is 4.28. The number of hydrogen-bond acceptors (Lipinski definition) is 1. The van der Waals surface area contributed by atoms with Gasteiger partial charge in [-0.2, -0.15) is 0 Å². The monoisotopic (exact) mass is 195 g/mol. The van der Waals surface area contributed by atoms with Crippen LogP contribution in [0.4, 0.5) is 0 Å². The summed E-state index contributed by atoms with van der Waals surface area (Å²) in [6, 6.07) is 0.757. The highest BCUT2D eigenvalue weighted by atomic mass is 14.9. The van der Waals surface area contributed by atoms with Crippen LogP contribution >= 0.6 is 0 Å². The van der Waals surface area contributed by atoms with Crippen LogP contribution in [-0.4, -0.2) is 12.6 Å². The van der Waals surface area contributed by atoms with E-state index in [0.29, 0.717) is 0 Å². The Morgan fingerprint density at radius 1 is 1.14 bits per heavy atom. The summed E-state index contributed by atoms with van der Waals surface area (Å²) in [5.74, 6) is 3.94. The predicted octanol–water partition coefficient (Wildman–Crippen LogP) is 3.06. The first-order chi connectivity index (χ1) is 6.66. The van der Waals surface area contributed by atoms with Gasteiger partial charge in [-0.1, -0.05) is 20.3 Å². The molecule has 4 atom stereocenters. The molecule has 2 fully saturated rings. The molecule has 2 aliphatic carbocycles. The standard InChI is InChI=1S/C13H25N/c1-9(2)8-14-10(3)13-7-11-4-5-12(13)6-11/h9-14H,4-8H2,1-3H3/t10-,11+,12+,13+/m1/s1. The Hall–Kier alpha value is -0.0400. The Morgan fingerprint density at radius 2 is 1.93 bits per heavy atom. The van der Waals surface area contributed by atoms with E-state index in [-0.39, 0.29) is 0 Å². The van der Waals surface area contributed by atoms with Crippen molar-refractivity contribution in [2.24, 2.45) is 23.7 Å². The summed E-state index contributed by atoms with van der Waals surface area (Å²) in [4.78, 5) is 0. The molecule has 0 amide bonds. The fraction of sp³-hybridized carbons (Fsp3) is 1.00. The summed E-state index contributed by atoms with van der Waals surface area (Å²) < 4.78 is 0. The van der Waals surface area contributed by atoms with Crippen molar-refractivity contribution in [1.82, 2.24) is 5.32 Å². The number of nitrogens with one attached hydrogen (secondary N) is 1. The average Bonchev–Trinajstić information content (AvgIpc) is 2.74. The molecular weight excluding hydrogens is 170 g/mol. The molecule has 1 heteroatoms. The van der Waals surface area contributed by atoms with E-state index < -0.39 is 0 Å². The van der Waals surface area contributed by atoms with E-state index in [4.69, 9.17) is 0 Å². The van der Waals surface area contributed by atoms with E-state index in [0.717, 1.165) is 29.7 Å². The fourth-order valence-electron chi connectivity index (χ4n) is 3.48. The number of hydrogen-bond donors (Lipinski definition) is 1. The van der Waals surface area contributed by atoms with E-state index in [1.54, 1.807) is 6.42 Å². The van der Waals surface area contributed by atoms with E-state index in [9.17, 15) is 0 Å². The first-order valence-electron chi connectivity index (χ1n) is 6.40. The number of rotatable bonds is 4. The van der Waals surface area contributed by atoms with Gasteiger partial charge in [-0.25, -0.2) is 0 Å². The molecule has 1 nitrogen and oxygen atoms in total. The minimum atomic E-state index is 0.757. The van der Waals surface area contributed by atoms with Crippen LogP contribution in [0, 0.1) is 23.7 Å². The van der Waals surface area contributed by atoms with Crippen LogP contribution in [0.1, 0.15) is 46.5 Å². The molecule has 0 spiro atoms. The Morgan fingerprint density at radius 3 is 2.43 bits per heavy atom. The highest BCUT2D eigenvalue weighted by molar-refractivity contribution is 4.93. The lowest BCUT2D eigenvalue weighted by molar-refractivity contribution is 0.255. The second-order valence-electron chi connectivity index (χ2n) is 5.93. The van der Waals surface area contributed by atoms with Gasteiger partial charge in [-0.3, -0.25) is 0 Å². The zero-order valence-electron chi connectivity index (χ0n) is 9.92. The first-order valence-corrected chi connectivity index (χ1v) is 6.40. The molecule has 0 saturated heterocycles. The quantitative estimate of drug-likeness (QED) is 0.727. The van der Waals surface area contributed by atoms with Crippen molar-refractivity contribution in [1.29, 1.82) is 0 Å². The van der Waals surface area contributed by atoms with E-state index in [2.05, 4.69) is 26.1 Å². The lowest BCUT2D eigenvalue weighted by Crippen LogP contribution is -2.38. The van der Waals surface area contributed by atoms with Crippen molar-refractivity contribution < 1.29 is 0 Å². The lowest BCUT2D eigenvalue weighted by atomic mass is 9.84. The molecular formula is C13H25N. The van der Waals surface area contributed by atoms with Gasteiger partial charge >= 0.3 is 0 Å². The minimum Gasteiger partial charge on any atom is -0.314 e. The summed E-state index contributed by atoms with van der Waals surface area (Å²) >= 11 is 0. The highest BCUT2D eigenvalue weighted by Crippen LogP contribution is 2.49. The van der Waals surface area contributed by atoms with Gasteiger partial charge in [-0.15, -0.1) is 0 Å². The second kappa shape index (κ2) is 4.22. The first kappa shape index (κ1) is 10.5. The highest BCUT2D eigenvalue weighted by Gasteiger charge is 2.41.